The molecule has 1 unspecified atom stereocenters. The van der Waals surface area contributed by atoms with Crippen LogP contribution in [0.15, 0.2) is 91.3 Å². The van der Waals surface area contributed by atoms with Gasteiger partial charge in [-0.05, 0) is 61.7 Å². The van der Waals surface area contributed by atoms with E-state index >= 15 is 4.39 Å². The van der Waals surface area contributed by atoms with E-state index in [1.807, 2.05) is 30.3 Å². The first-order valence-corrected chi connectivity index (χ1v) is 16.3. The van der Waals surface area contributed by atoms with Crippen molar-refractivity contribution in [2.24, 2.45) is 0 Å². The predicted octanol–water partition coefficient (Wildman–Crippen LogP) is 7.27. The van der Waals surface area contributed by atoms with Gasteiger partial charge in [-0.1, -0.05) is 66.4 Å². The third-order valence-electron chi connectivity index (χ3n) is 7.94. The average Bonchev–Trinajstić information content (AvgIpc) is 3.10. The number of ether oxygens (including phenoxy) is 2. The lowest BCUT2D eigenvalue weighted by Gasteiger charge is -2.38. The molecule has 2 heterocycles. The van der Waals surface area contributed by atoms with Gasteiger partial charge in [0.25, 0.3) is 0 Å². The molecular weight excluding hydrogens is 661 g/mol. The minimum absolute atomic E-state index is 0.0120. The highest BCUT2D eigenvalue weighted by Gasteiger charge is 2.34. The van der Waals surface area contributed by atoms with Crippen LogP contribution in [0.25, 0.3) is 0 Å². The molecule has 1 atom stereocenters. The van der Waals surface area contributed by atoms with Crippen molar-refractivity contribution in [1.82, 2.24) is 14.8 Å². The molecule has 1 fully saturated rings. The minimum atomic E-state index is -0.924. The number of carbonyl (C=O) groups is 3. The Bertz CT molecular complexity index is 1860. The molecule has 4 aromatic rings. The molecule has 51 heavy (non-hydrogen) atoms. The fraction of sp³-hybridized carbons (Fsp3) is 0.282. The molecular formula is C39H37F3N4O5. The summed E-state index contributed by atoms with van der Waals surface area (Å²) in [5, 5.41) is 2.68. The maximum atomic E-state index is 15.3. The summed E-state index contributed by atoms with van der Waals surface area (Å²) in [5.74, 6) is 2.81. The molecule has 0 aliphatic carbocycles. The molecule has 3 amide bonds. The van der Waals surface area contributed by atoms with Crippen molar-refractivity contribution >= 4 is 23.8 Å². The number of hydrogen-bond acceptors (Lipinski definition) is 6. The van der Waals surface area contributed by atoms with Crippen molar-refractivity contribution in [2.45, 2.75) is 51.4 Å². The normalized spacial score (nSPS) is 14.4. The van der Waals surface area contributed by atoms with Crippen LogP contribution < -0.4 is 5.32 Å². The second-order valence-electron chi connectivity index (χ2n) is 12.9. The molecule has 264 valence electrons. The van der Waals surface area contributed by atoms with E-state index in [-0.39, 0.29) is 43.9 Å². The van der Waals surface area contributed by atoms with Gasteiger partial charge in [0, 0.05) is 25.4 Å². The van der Waals surface area contributed by atoms with Crippen molar-refractivity contribution in [3.05, 3.63) is 131 Å². The third kappa shape index (κ3) is 10.1. The van der Waals surface area contributed by atoms with Gasteiger partial charge in [0.2, 0.25) is 5.91 Å². The van der Waals surface area contributed by atoms with Crippen LogP contribution >= 0.6 is 0 Å². The Morgan fingerprint density at radius 3 is 2.12 bits per heavy atom. The minimum Gasteiger partial charge on any atom is -0.445 e. The van der Waals surface area contributed by atoms with Crippen LogP contribution in [-0.4, -0.2) is 64.2 Å². The van der Waals surface area contributed by atoms with Gasteiger partial charge in [-0.25, -0.2) is 22.8 Å². The molecule has 1 aliphatic heterocycles. The maximum Gasteiger partial charge on any atom is 0.411 e. The van der Waals surface area contributed by atoms with Crippen LogP contribution in [0.1, 0.15) is 55.4 Å². The molecule has 0 saturated carbocycles. The predicted molar refractivity (Wildman–Crippen MR) is 184 cm³/mol. The number of nitrogens with one attached hydrogen (secondary N) is 1. The third-order valence-corrected chi connectivity index (χ3v) is 7.94. The summed E-state index contributed by atoms with van der Waals surface area (Å²) in [6, 6.07) is 19.4. The number of pyridine rings is 1. The molecule has 0 spiro atoms. The second kappa shape index (κ2) is 16.3. The lowest BCUT2D eigenvalue weighted by atomic mass is 9.88. The summed E-state index contributed by atoms with van der Waals surface area (Å²) in [7, 11) is 0. The Kier molecular flexibility index (Phi) is 11.6. The largest absolute Gasteiger partial charge is 0.445 e. The van der Waals surface area contributed by atoms with Gasteiger partial charge in [0.05, 0.1) is 30.2 Å². The number of benzene rings is 3. The van der Waals surface area contributed by atoms with Crippen LogP contribution in [0, 0.1) is 29.3 Å². The maximum absolute atomic E-state index is 15.3. The van der Waals surface area contributed by atoms with Crippen molar-refractivity contribution in [1.29, 1.82) is 0 Å². The summed E-state index contributed by atoms with van der Waals surface area (Å²) < 4.78 is 53.8. The molecule has 9 nitrogen and oxygen atoms in total. The molecule has 5 rings (SSSR count). The van der Waals surface area contributed by atoms with Crippen LogP contribution in [0.4, 0.5) is 28.4 Å². The zero-order valence-electron chi connectivity index (χ0n) is 28.4. The van der Waals surface area contributed by atoms with Crippen molar-refractivity contribution < 1.29 is 37.0 Å². The molecule has 1 aliphatic rings. The first-order chi connectivity index (χ1) is 24.4. The number of amides is 3. The van der Waals surface area contributed by atoms with E-state index in [4.69, 9.17) is 9.47 Å². The van der Waals surface area contributed by atoms with Gasteiger partial charge < -0.3 is 19.7 Å². The number of anilines is 1. The van der Waals surface area contributed by atoms with Gasteiger partial charge >= 0.3 is 12.2 Å². The van der Waals surface area contributed by atoms with E-state index in [1.54, 1.807) is 45.0 Å². The molecule has 12 heteroatoms. The lowest BCUT2D eigenvalue weighted by Crippen LogP contribution is -2.56. The fourth-order valence-corrected chi connectivity index (χ4v) is 5.44. The Morgan fingerprint density at radius 2 is 1.51 bits per heavy atom. The molecule has 0 radical (unpaired) electrons. The van der Waals surface area contributed by atoms with Gasteiger partial charge in [-0.2, -0.15) is 0 Å². The smallest absolute Gasteiger partial charge is 0.411 e. The quantitative estimate of drug-likeness (QED) is 0.204. The van der Waals surface area contributed by atoms with Gasteiger partial charge in [-0.3, -0.25) is 14.7 Å². The van der Waals surface area contributed by atoms with Crippen LogP contribution in [0.3, 0.4) is 0 Å². The molecule has 1 aromatic heterocycles. The summed E-state index contributed by atoms with van der Waals surface area (Å²) in [5.41, 5.74) is 1.03. The standard InChI is InChI=1S/C39H37F3N4O5/c1-39(2,3)51-37(48)45-19-20-46(38(49)50-25-26-7-5-4-6-8-26)31(24-45)17-18-32-34(42)22-43-23-35(32)44-36(47)21-33(27-9-13-29(40)14-10-27)28-11-15-30(41)16-12-28/h4-16,22-23,31,33H,19-21,24-25H2,1-3H3,(H,44,47). The van der Waals surface area contributed by atoms with Crippen molar-refractivity contribution in [3.63, 3.8) is 0 Å². The molecule has 3 aromatic carbocycles. The van der Waals surface area contributed by atoms with Crippen molar-refractivity contribution in [3.8, 4) is 11.8 Å². The zero-order chi connectivity index (χ0) is 36.5. The first-order valence-electron chi connectivity index (χ1n) is 16.3. The lowest BCUT2D eigenvalue weighted by molar-refractivity contribution is -0.116. The van der Waals surface area contributed by atoms with Crippen LogP contribution in [0.2, 0.25) is 0 Å². The van der Waals surface area contributed by atoms with Gasteiger partial charge in [-0.15, -0.1) is 0 Å². The molecule has 1 N–H and O–H groups in total. The number of rotatable bonds is 7. The number of nitrogens with zero attached hydrogens (tertiary/aromatic N) is 3. The van der Waals surface area contributed by atoms with E-state index in [9.17, 15) is 23.2 Å². The van der Waals surface area contributed by atoms with Gasteiger partial charge in [0.15, 0.2) is 5.82 Å². The van der Waals surface area contributed by atoms with E-state index in [0.717, 1.165) is 11.8 Å². The summed E-state index contributed by atoms with van der Waals surface area (Å²) in [6.07, 6.45) is 0.772. The topological polar surface area (TPSA) is 101 Å². The van der Waals surface area contributed by atoms with Crippen molar-refractivity contribution in [2.75, 3.05) is 25.0 Å². The van der Waals surface area contributed by atoms with Gasteiger partial charge in [0.1, 0.15) is 29.9 Å². The summed E-state index contributed by atoms with van der Waals surface area (Å²) in [6.45, 7) is 5.41. The monoisotopic (exact) mass is 698 g/mol. The Hall–Kier alpha value is -5.83. The molecule has 0 bridgehead atoms. The SMILES string of the molecule is CC(C)(C)OC(=O)N1CCN(C(=O)OCc2ccccc2)C(C#Cc2c(F)cncc2NC(=O)CC(c2ccc(F)cc2)c2ccc(F)cc2)C1. The highest BCUT2D eigenvalue weighted by molar-refractivity contribution is 5.93. The van der Waals surface area contributed by atoms with E-state index in [2.05, 4.69) is 22.1 Å². The van der Waals surface area contributed by atoms with Crippen LogP contribution in [0.5, 0.6) is 0 Å². The molecule has 1 saturated heterocycles. The number of halogens is 3. The van der Waals surface area contributed by atoms with E-state index in [0.29, 0.717) is 11.1 Å². The van der Waals surface area contributed by atoms with E-state index < -0.39 is 53.1 Å². The highest BCUT2D eigenvalue weighted by atomic mass is 19.1. The Balaban J connectivity index is 1.39. The average molecular weight is 699 g/mol. The summed E-state index contributed by atoms with van der Waals surface area (Å²) >= 11 is 0. The second-order valence-corrected chi connectivity index (χ2v) is 12.9. The number of aromatic nitrogens is 1. The fourth-order valence-electron chi connectivity index (χ4n) is 5.44. The summed E-state index contributed by atoms with van der Waals surface area (Å²) in [4.78, 5) is 46.3. The first kappa shape index (κ1) is 36.5. The Labute approximate surface area is 294 Å². The van der Waals surface area contributed by atoms with E-state index in [1.165, 1.54) is 40.3 Å². The number of piperazine rings is 1. The Morgan fingerprint density at radius 1 is 0.882 bits per heavy atom. The number of hydrogen-bond donors (Lipinski definition) is 1. The highest BCUT2D eigenvalue weighted by Crippen LogP contribution is 2.30. The number of carbonyl (C=O) groups excluding carboxylic acids is 3. The zero-order valence-corrected chi connectivity index (χ0v) is 28.4. The van der Waals surface area contributed by atoms with Crippen LogP contribution in [-0.2, 0) is 20.9 Å².